The molecule has 0 aliphatic carbocycles. The Morgan fingerprint density at radius 3 is 0.548 bits per heavy atom. The van der Waals surface area contributed by atoms with Crippen LogP contribution in [0.2, 0.25) is 0 Å². The molecular weight excluding hydrogens is 519 g/mol. The van der Waals surface area contributed by atoms with E-state index in [-0.39, 0.29) is 0 Å². The minimum absolute atomic E-state index is 7.78. The van der Waals surface area contributed by atoms with Gasteiger partial charge in [-0.1, -0.05) is 0 Å². The summed E-state index contributed by atoms with van der Waals surface area (Å²) in [5.74, 6) is -7.78. The zero-order chi connectivity index (χ0) is 26.1. The molecular formula is C10HF21. The molecule has 0 fully saturated rings. The highest BCUT2D eigenvalue weighted by Crippen LogP contribution is 2.70. The fraction of sp³-hybridized carbons (Fsp3) is 1.00. The van der Waals surface area contributed by atoms with E-state index in [2.05, 4.69) is 0 Å². The molecule has 0 saturated heterocycles. The number of alkyl halides is 21. The zero-order valence-electron chi connectivity index (χ0n) is 13.0. The van der Waals surface area contributed by atoms with E-state index in [0.29, 0.717) is 0 Å². The summed E-state index contributed by atoms with van der Waals surface area (Å²) >= 11 is 0. The summed E-state index contributed by atoms with van der Waals surface area (Å²) in [6.07, 6.45) is -51.7. The van der Waals surface area contributed by atoms with Crippen LogP contribution in [0.25, 0.3) is 0 Å². The molecule has 0 aromatic heterocycles. The molecule has 0 bridgehead atoms. The van der Waals surface area contributed by atoms with Gasteiger partial charge in [0.05, 0.1) is 0 Å². The molecule has 188 valence electrons. The molecule has 21 heteroatoms. The lowest BCUT2D eigenvalue weighted by Gasteiger charge is -2.51. The van der Waals surface area contributed by atoms with Crippen LogP contribution in [0.4, 0.5) is 92.2 Å². The van der Waals surface area contributed by atoms with Gasteiger partial charge >= 0.3 is 48.4 Å². The van der Waals surface area contributed by atoms with Crippen LogP contribution >= 0.6 is 0 Å². The van der Waals surface area contributed by atoms with Crippen LogP contribution in [0.3, 0.4) is 0 Å². The van der Waals surface area contributed by atoms with E-state index in [1.165, 1.54) is 0 Å². The molecule has 0 rings (SSSR count). The zero-order valence-corrected chi connectivity index (χ0v) is 13.0. The average molecular weight is 520 g/mol. The average Bonchev–Trinajstić information content (AvgIpc) is 2.36. The lowest BCUT2D eigenvalue weighted by Crippen LogP contribution is -2.84. The van der Waals surface area contributed by atoms with Gasteiger partial charge in [-0.25, -0.2) is 13.2 Å². The van der Waals surface area contributed by atoms with Crippen molar-refractivity contribution < 1.29 is 92.2 Å². The van der Waals surface area contributed by atoms with Crippen LogP contribution in [0.1, 0.15) is 0 Å². The van der Waals surface area contributed by atoms with Crippen molar-refractivity contribution in [1.29, 1.82) is 0 Å². The van der Waals surface area contributed by atoms with Gasteiger partial charge in [-0.15, -0.1) is 0 Å². The highest BCUT2D eigenvalue weighted by Gasteiger charge is 3.01. The summed E-state index contributed by atoms with van der Waals surface area (Å²) in [6.45, 7) is 0. The van der Waals surface area contributed by atoms with Gasteiger partial charge in [0.25, 0.3) is 0 Å². The highest BCUT2D eigenvalue weighted by atomic mass is 19.4. The molecule has 0 aliphatic rings. The molecule has 0 aromatic carbocycles. The largest absolute Gasteiger partial charge is 0.435 e. The third kappa shape index (κ3) is 4.04. The quantitative estimate of drug-likeness (QED) is 0.349. The highest BCUT2D eigenvalue weighted by molar-refractivity contribution is 5.27. The molecule has 0 heterocycles. The SMILES string of the molecule is FC(F)(F)C(C(F)(F)F)C(F)(C(F)(C(F)(F)F)C(F)(F)F)C(F)(C(F)(F)F)C(F)(F)F. The molecule has 31 heavy (non-hydrogen) atoms. The molecule has 0 N–H and O–H groups in total. The van der Waals surface area contributed by atoms with Gasteiger partial charge in [0.1, 0.15) is 0 Å². The van der Waals surface area contributed by atoms with E-state index in [1.807, 2.05) is 0 Å². The van der Waals surface area contributed by atoms with Crippen LogP contribution in [0.15, 0.2) is 0 Å². The Balaban J connectivity index is 8.36. The molecule has 0 aromatic rings. The van der Waals surface area contributed by atoms with Gasteiger partial charge in [-0.2, -0.15) is 79.0 Å². The number of halogens is 21. The summed E-state index contributed by atoms with van der Waals surface area (Å²) in [7, 11) is 0. The van der Waals surface area contributed by atoms with Gasteiger partial charge in [-0.05, 0) is 0 Å². The smallest absolute Gasteiger partial charge is 0.234 e. The van der Waals surface area contributed by atoms with Crippen molar-refractivity contribution in [2.24, 2.45) is 5.92 Å². The Bertz CT molecular complexity index is 550. The van der Waals surface area contributed by atoms with Crippen molar-refractivity contribution in [1.82, 2.24) is 0 Å². The van der Waals surface area contributed by atoms with E-state index in [1.54, 1.807) is 0 Å². The lowest BCUT2D eigenvalue weighted by atomic mass is 9.64. The molecule has 0 nitrogen and oxygen atoms in total. The van der Waals surface area contributed by atoms with Crippen LogP contribution in [-0.2, 0) is 0 Å². The Morgan fingerprint density at radius 1 is 0.290 bits per heavy atom. The maximum absolute atomic E-state index is 14.5. The molecule has 0 amide bonds. The normalized spacial score (nSPS) is 16.8. The first-order chi connectivity index (χ1) is 12.9. The van der Waals surface area contributed by atoms with E-state index in [0.717, 1.165) is 0 Å². The van der Waals surface area contributed by atoms with Crippen molar-refractivity contribution >= 4 is 0 Å². The van der Waals surface area contributed by atoms with Crippen LogP contribution in [-0.4, -0.2) is 54.1 Å². The third-order valence-corrected chi connectivity index (χ3v) is 3.62. The minimum atomic E-state index is -9.55. The molecule has 0 radical (unpaired) electrons. The van der Waals surface area contributed by atoms with Crippen molar-refractivity contribution in [3.63, 3.8) is 0 Å². The van der Waals surface area contributed by atoms with E-state index in [4.69, 9.17) is 0 Å². The summed E-state index contributed by atoms with van der Waals surface area (Å²) in [5, 5.41) is 0. The Morgan fingerprint density at radius 2 is 0.452 bits per heavy atom. The van der Waals surface area contributed by atoms with E-state index < -0.39 is 60.0 Å². The van der Waals surface area contributed by atoms with Crippen molar-refractivity contribution in [2.45, 2.75) is 54.1 Å². The second-order valence-corrected chi connectivity index (χ2v) is 5.54. The predicted molar refractivity (Wildman–Crippen MR) is 51.3 cm³/mol. The monoisotopic (exact) mass is 520 g/mol. The van der Waals surface area contributed by atoms with Gasteiger partial charge in [0, 0.05) is 0 Å². The maximum Gasteiger partial charge on any atom is 0.435 e. The van der Waals surface area contributed by atoms with Gasteiger partial charge in [0.15, 0.2) is 5.92 Å². The molecule has 0 saturated carbocycles. The number of hydrogen-bond donors (Lipinski definition) is 0. The van der Waals surface area contributed by atoms with Crippen LogP contribution < -0.4 is 0 Å². The van der Waals surface area contributed by atoms with Crippen molar-refractivity contribution in [3.05, 3.63) is 0 Å². The summed E-state index contributed by atoms with van der Waals surface area (Å²) in [6, 6.07) is 0. The lowest BCUT2D eigenvalue weighted by molar-refractivity contribution is -0.477. The fourth-order valence-electron chi connectivity index (χ4n) is 2.42. The van der Waals surface area contributed by atoms with Gasteiger partial charge < -0.3 is 0 Å². The Hall–Kier alpha value is -1.47. The molecule has 0 atom stereocenters. The maximum atomic E-state index is 14.5. The summed E-state index contributed by atoms with van der Waals surface area (Å²) in [4.78, 5) is 0. The Kier molecular flexibility index (Phi) is 6.68. The molecule has 0 unspecified atom stereocenters. The third-order valence-electron chi connectivity index (χ3n) is 3.62. The Labute approximate surface area is 153 Å². The van der Waals surface area contributed by atoms with Gasteiger partial charge in [-0.3, -0.25) is 0 Å². The number of hydrogen-bond acceptors (Lipinski definition) is 0. The van der Waals surface area contributed by atoms with E-state index >= 15 is 0 Å². The standard InChI is InChI=1S/C10HF21/c11-2(1(3(12,13)14)4(15,16)17,5(18,7(20,21)22)8(23,24)25)6(19,9(26,27)28)10(29,30)31/h1H. The van der Waals surface area contributed by atoms with Crippen LogP contribution in [0, 0.1) is 5.92 Å². The predicted octanol–water partition coefficient (Wildman–Crippen LogP) is 7.10. The summed E-state index contributed by atoms with van der Waals surface area (Å²) in [5.41, 5.74) is -28.3. The molecule has 0 spiro atoms. The molecule has 0 aliphatic heterocycles. The second kappa shape index (κ2) is 7.01. The first-order valence-corrected chi connectivity index (χ1v) is 6.33. The first-order valence-electron chi connectivity index (χ1n) is 6.33. The van der Waals surface area contributed by atoms with Gasteiger partial charge in [0.2, 0.25) is 5.67 Å². The first kappa shape index (κ1) is 29.5. The topological polar surface area (TPSA) is 0 Å². The number of rotatable bonds is 3. The minimum Gasteiger partial charge on any atom is -0.234 e. The fourth-order valence-corrected chi connectivity index (χ4v) is 2.42. The summed E-state index contributed by atoms with van der Waals surface area (Å²) < 4.78 is 268. The van der Waals surface area contributed by atoms with Crippen molar-refractivity contribution in [2.75, 3.05) is 0 Å². The van der Waals surface area contributed by atoms with Crippen LogP contribution in [0.5, 0.6) is 0 Å². The van der Waals surface area contributed by atoms with E-state index in [9.17, 15) is 92.2 Å². The second-order valence-electron chi connectivity index (χ2n) is 5.54. The van der Waals surface area contributed by atoms with Crippen molar-refractivity contribution in [3.8, 4) is 0 Å².